The average Bonchev–Trinajstić information content (AvgIpc) is 2.71. The number of esters is 2. The highest BCUT2D eigenvalue weighted by molar-refractivity contribution is 5.93. The summed E-state index contributed by atoms with van der Waals surface area (Å²) < 4.78 is 23.7. The van der Waals surface area contributed by atoms with E-state index in [0.717, 1.165) is 6.92 Å². The van der Waals surface area contributed by atoms with Crippen LogP contribution < -0.4 is 10.6 Å². The molecule has 0 saturated carbocycles. The molecule has 10 nitrogen and oxygen atoms in total. The van der Waals surface area contributed by atoms with E-state index in [9.17, 15) is 33.5 Å². The highest BCUT2D eigenvalue weighted by Crippen LogP contribution is 2.15. The number of carbonyl (C=O) groups excluding carboxylic acids is 4. The lowest BCUT2D eigenvalue weighted by Gasteiger charge is -2.25. The Morgan fingerprint density at radius 1 is 1.03 bits per heavy atom. The maximum atomic E-state index is 14.0. The fourth-order valence-corrected chi connectivity index (χ4v) is 2.91. The smallest absolute Gasteiger partial charge is 0.327 e. The predicted molar refractivity (Wildman–Crippen MR) is 109 cm³/mol. The third kappa shape index (κ3) is 8.32. The minimum Gasteiger partial charge on any atom is -0.480 e. The van der Waals surface area contributed by atoms with Crippen molar-refractivity contribution in [2.24, 2.45) is 5.92 Å². The van der Waals surface area contributed by atoms with Gasteiger partial charge in [0, 0.05) is 13.3 Å². The highest BCUT2D eigenvalue weighted by atomic mass is 19.1. The fourth-order valence-electron chi connectivity index (χ4n) is 2.91. The molecule has 1 aromatic carbocycles. The molecule has 0 aliphatic carbocycles. The third-order valence-electron chi connectivity index (χ3n) is 4.32. The molecule has 1 rings (SSSR count). The Morgan fingerprint density at radius 2 is 1.66 bits per heavy atom. The Hall–Kier alpha value is -3.50. The molecule has 0 aliphatic heterocycles. The average molecular weight is 454 g/mol. The van der Waals surface area contributed by atoms with E-state index < -0.39 is 60.0 Å². The summed E-state index contributed by atoms with van der Waals surface area (Å²) in [6.07, 6.45) is -0.922. The number of benzene rings is 1. The van der Waals surface area contributed by atoms with Gasteiger partial charge in [-0.15, -0.1) is 0 Å². The molecule has 1 aromatic rings. The second-order valence-corrected chi connectivity index (χ2v) is 6.74. The molecule has 0 saturated heterocycles. The first-order valence-corrected chi connectivity index (χ1v) is 9.96. The molecule has 2 amide bonds. The van der Waals surface area contributed by atoms with Crippen LogP contribution in [0.25, 0.3) is 0 Å². The number of carbonyl (C=O) groups is 5. The lowest BCUT2D eigenvalue weighted by molar-refractivity contribution is -0.160. The molecule has 0 heterocycles. The van der Waals surface area contributed by atoms with Crippen LogP contribution in [0.15, 0.2) is 24.3 Å². The molecule has 0 unspecified atom stereocenters. The SMILES string of the molecule is CCOC(=O)C[C@@H](C(=O)OCC)[C@@H](NC(=O)[C@@H](Cc1ccccc1F)NC(C)=O)C(=O)O. The zero-order valence-corrected chi connectivity index (χ0v) is 18.1. The molecule has 0 radical (unpaired) electrons. The van der Waals surface area contributed by atoms with E-state index in [-0.39, 0.29) is 25.2 Å². The molecule has 32 heavy (non-hydrogen) atoms. The highest BCUT2D eigenvalue weighted by Gasteiger charge is 2.39. The first-order chi connectivity index (χ1) is 15.1. The quantitative estimate of drug-likeness (QED) is 0.388. The monoisotopic (exact) mass is 454 g/mol. The van der Waals surface area contributed by atoms with Crippen molar-refractivity contribution in [3.05, 3.63) is 35.6 Å². The van der Waals surface area contributed by atoms with Crippen LogP contribution in [-0.2, 0) is 39.9 Å². The number of nitrogens with one attached hydrogen (secondary N) is 2. The maximum Gasteiger partial charge on any atom is 0.327 e. The summed E-state index contributed by atoms with van der Waals surface area (Å²) in [6, 6.07) is 2.38. The van der Waals surface area contributed by atoms with Gasteiger partial charge in [-0.3, -0.25) is 19.2 Å². The van der Waals surface area contributed by atoms with Crippen molar-refractivity contribution in [1.29, 1.82) is 0 Å². The van der Waals surface area contributed by atoms with E-state index in [2.05, 4.69) is 10.6 Å². The Labute approximate surface area is 184 Å². The molecule has 0 fully saturated rings. The number of rotatable bonds is 12. The molecule has 0 aromatic heterocycles. The van der Waals surface area contributed by atoms with Gasteiger partial charge < -0.3 is 25.2 Å². The largest absolute Gasteiger partial charge is 0.480 e. The molecular formula is C21H27FN2O8. The number of carboxylic acids is 1. The van der Waals surface area contributed by atoms with Gasteiger partial charge in [0.05, 0.1) is 25.6 Å². The van der Waals surface area contributed by atoms with Gasteiger partial charge in [0.1, 0.15) is 17.9 Å². The Balaban J connectivity index is 3.16. The predicted octanol–water partition coefficient (Wildman–Crippen LogP) is 0.575. The molecule has 3 atom stereocenters. The van der Waals surface area contributed by atoms with Gasteiger partial charge in [0.25, 0.3) is 0 Å². The van der Waals surface area contributed by atoms with Gasteiger partial charge >= 0.3 is 17.9 Å². The summed E-state index contributed by atoms with van der Waals surface area (Å²) in [5.74, 6) is -7.25. The zero-order valence-electron chi connectivity index (χ0n) is 18.1. The zero-order chi connectivity index (χ0) is 24.3. The van der Waals surface area contributed by atoms with Crippen LogP contribution in [0, 0.1) is 11.7 Å². The lowest BCUT2D eigenvalue weighted by Crippen LogP contribution is -2.56. The van der Waals surface area contributed by atoms with E-state index >= 15 is 0 Å². The summed E-state index contributed by atoms with van der Waals surface area (Å²) >= 11 is 0. The van der Waals surface area contributed by atoms with Crippen molar-refractivity contribution in [2.75, 3.05) is 13.2 Å². The van der Waals surface area contributed by atoms with Crippen molar-refractivity contribution in [3.63, 3.8) is 0 Å². The number of hydrogen-bond acceptors (Lipinski definition) is 7. The minimum absolute atomic E-state index is 0.00568. The Morgan fingerprint density at radius 3 is 2.19 bits per heavy atom. The Bertz CT molecular complexity index is 845. The summed E-state index contributed by atoms with van der Waals surface area (Å²) in [5.41, 5.74) is 0.113. The summed E-state index contributed by atoms with van der Waals surface area (Å²) in [6.45, 7) is 4.09. The summed E-state index contributed by atoms with van der Waals surface area (Å²) in [4.78, 5) is 60.5. The van der Waals surface area contributed by atoms with Gasteiger partial charge in [0.15, 0.2) is 0 Å². The van der Waals surface area contributed by atoms with Crippen LogP contribution in [0.1, 0.15) is 32.8 Å². The normalized spacial score (nSPS) is 13.2. The van der Waals surface area contributed by atoms with Crippen LogP contribution >= 0.6 is 0 Å². The van der Waals surface area contributed by atoms with Crippen LogP contribution in [-0.4, -0.2) is 60.1 Å². The van der Waals surface area contributed by atoms with Gasteiger partial charge in [0.2, 0.25) is 11.8 Å². The number of ether oxygens (including phenoxy) is 2. The first-order valence-electron chi connectivity index (χ1n) is 9.96. The van der Waals surface area contributed by atoms with Gasteiger partial charge in [-0.2, -0.15) is 0 Å². The van der Waals surface area contributed by atoms with E-state index in [4.69, 9.17) is 9.47 Å². The molecule has 3 N–H and O–H groups in total. The van der Waals surface area contributed by atoms with E-state index in [1.165, 1.54) is 38.1 Å². The molecule has 0 spiro atoms. The number of amides is 2. The van der Waals surface area contributed by atoms with Crippen molar-refractivity contribution >= 4 is 29.7 Å². The van der Waals surface area contributed by atoms with Crippen LogP contribution in [0.5, 0.6) is 0 Å². The standard InChI is InChI=1S/C21H27FN2O8/c1-4-31-17(26)11-14(21(30)32-5-2)18(20(28)29)24-19(27)16(23-12(3)25)10-13-8-6-7-9-15(13)22/h6-9,14,16,18H,4-5,10-11H2,1-3H3,(H,23,25)(H,24,27)(H,28,29)/t14-,16-,18-/m1/s1. The van der Waals surface area contributed by atoms with Crippen LogP contribution in [0.4, 0.5) is 4.39 Å². The molecule has 11 heteroatoms. The number of carboxylic acid groups (broad SMARTS) is 1. The van der Waals surface area contributed by atoms with Gasteiger partial charge in [-0.1, -0.05) is 18.2 Å². The topological polar surface area (TPSA) is 148 Å². The summed E-state index contributed by atoms with van der Waals surface area (Å²) in [5, 5.41) is 14.1. The second-order valence-electron chi connectivity index (χ2n) is 6.74. The lowest BCUT2D eigenvalue weighted by atomic mass is 9.95. The fraction of sp³-hybridized carbons (Fsp3) is 0.476. The molecule has 176 valence electrons. The van der Waals surface area contributed by atoms with Crippen molar-refractivity contribution < 1.29 is 42.9 Å². The second kappa shape index (κ2) is 13.0. The van der Waals surface area contributed by atoms with Crippen molar-refractivity contribution in [2.45, 2.75) is 45.7 Å². The number of hydrogen-bond donors (Lipinski definition) is 3. The van der Waals surface area contributed by atoms with E-state index in [1.54, 1.807) is 0 Å². The minimum atomic E-state index is -1.86. The van der Waals surface area contributed by atoms with Gasteiger partial charge in [-0.05, 0) is 25.5 Å². The first kappa shape index (κ1) is 26.5. The van der Waals surface area contributed by atoms with Gasteiger partial charge in [-0.25, -0.2) is 9.18 Å². The maximum absolute atomic E-state index is 14.0. The third-order valence-corrected chi connectivity index (χ3v) is 4.32. The van der Waals surface area contributed by atoms with Crippen LogP contribution in [0.3, 0.4) is 0 Å². The molecule has 0 bridgehead atoms. The molecular weight excluding hydrogens is 427 g/mol. The van der Waals surface area contributed by atoms with Crippen molar-refractivity contribution in [3.8, 4) is 0 Å². The summed E-state index contributed by atoms with van der Waals surface area (Å²) in [7, 11) is 0. The molecule has 0 aliphatic rings. The number of halogens is 1. The Kier molecular flexibility index (Phi) is 10.8. The van der Waals surface area contributed by atoms with Crippen LogP contribution in [0.2, 0.25) is 0 Å². The van der Waals surface area contributed by atoms with E-state index in [0.29, 0.717) is 0 Å². The number of aliphatic carboxylic acids is 1. The van der Waals surface area contributed by atoms with Crippen molar-refractivity contribution in [1.82, 2.24) is 10.6 Å². The van der Waals surface area contributed by atoms with E-state index in [1.807, 2.05) is 0 Å².